The Bertz CT molecular complexity index is 1400. The molecule has 1 aliphatic carbocycles. The third-order valence-electron chi connectivity index (χ3n) is 9.91. The first-order chi connectivity index (χ1) is 19.1. The molecule has 1 saturated heterocycles. The summed E-state index contributed by atoms with van der Waals surface area (Å²) in [5.74, 6) is -0.888. The number of carbonyl (C=O) groups is 2. The number of nitrogens with zero attached hydrogens (tertiary/aromatic N) is 2. The Hall–Kier alpha value is -2.91. The molecule has 2 aromatic carbocycles. The minimum Gasteiger partial charge on any atom is -0.458 e. The number of benzene rings is 2. The molecule has 1 spiro atoms. The molecule has 212 valence electrons. The van der Waals surface area contributed by atoms with Crippen LogP contribution in [0.4, 0.5) is 5.69 Å². The third-order valence-corrected chi connectivity index (χ3v) is 10.2. The number of ether oxygens (including phenoxy) is 1. The summed E-state index contributed by atoms with van der Waals surface area (Å²) in [6.45, 7) is 4.82. The predicted molar refractivity (Wildman–Crippen MR) is 152 cm³/mol. The van der Waals surface area contributed by atoms with Gasteiger partial charge in [0.15, 0.2) is 0 Å². The van der Waals surface area contributed by atoms with Crippen molar-refractivity contribution in [3.05, 3.63) is 76.3 Å². The number of fused-ring (bicyclic) bond motifs is 1. The van der Waals surface area contributed by atoms with Crippen molar-refractivity contribution in [1.82, 2.24) is 10.2 Å². The molecule has 0 bridgehead atoms. The van der Waals surface area contributed by atoms with E-state index in [0.29, 0.717) is 17.0 Å². The zero-order chi connectivity index (χ0) is 28.4. The number of aliphatic hydroxyl groups excluding tert-OH is 1. The second-order valence-electron chi connectivity index (χ2n) is 11.7. The van der Waals surface area contributed by atoms with Gasteiger partial charge in [-0.1, -0.05) is 54.9 Å². The SMILES string of the molecule is CC[C@]12C=CCN3CC[C@@]4(c5ccc(CO)cc5N(C)[C@H]4C(O)(CNC(=O)c4ccccc4Cl)[C@@H]1OC(C)=O)[C@@H]32. The van der Waals surface area contributed by atoms with E-state index in [0.717, 1.165) is 36.3 Å². The molecule has 0 radical (unpaired) electrons. The third kappa shape index (κ3) is 3.56. The van der Waals surface area contributed by atoms with Crippen molar-refractivity contribution in [2.45, 2.75) is 62.5 Å². The molecule has 1 unspecified atom stereocenters. The van der Waals surface area contributed by atoms with Crippen LogP contribution in [0.1, 0.15) is 48.2 Å². The normalized spacial score (nSPS) is 33.8. The fraction of sp³-hybridized carbons (Fsp3) is 0.484. The highest BCUT2D eigenvalue weighted by molar-refractivity contribution is 6.33. The molecule has 6 rings (SSSR count). The average molecular weight is 566 g/mol. The van der Waals surface area contributed by atoms with E-state index in [1.54, 1.807) is 24.3 Å². The summed E-state index contributed by atoms with van der Waals surface area (Å²) in [5, 5.41) is 26.3. The number of hydrogen-bond donors (Lipinski definition) is 3. The first-order valence-corrected chi connectivity index (χ1v) is 14.3. The Labute approximate surface area is 239 Å². The van der Waals surface area contributed by atoms with Gasteiger partial charge in [-0.15, -0.1) is 0 Å². The number of halogens is 1. The van der Waals surface area contributed by atoms with Gasteiger partial charge in [0.25, 0.3) is 5.91 Å². The Balaban J connectivity index is 1.55. The van der Waals surface area contributed by atoms with Gasteiger partial charge < -0.3 is 25.2 Å². The Morgan fingerprint density at radius 3 is 2.67 bits per heavy atom. The van der Waals surface area contributed by atoms with Gasteiger partial charge in [-0.3, -0.25) is 14.5 Å². The molecule has 3 N–H and O–H groups in total. The summed E-state index contributed by atoms with van der Waals surface area (Å²) in [4.78, 5) is 30.6. The summed E-state index contributed by atoms with van der Waals surface area (Å²) in [5.41, 5.74) is 0.295. The standard InChI is InChI=1S/C31H36ClN3O5/c1-4-29-12-7-14-35-15-13-30(26(29)35)22-11-10-20(17-36)16-24(22)34(3)27(30)31(39,28(29)40-19(2)37)18-33-25(38)21-8-5-6-9-23(21)32/h5-12,16,26-28,36,39H,4,13-15,17-18H2,1-3H3,(H,33,38)/t26-,27+,28+,29+,30+,31?/m0/s1. The summed E-state index contributed by atoms with van der Waals surface area (Å²) >= 11 is 6.32. The number of esters is 1. The highest BCUT2D eigenvalue weighted by Crippen LogP contribution is 2.67. The maximum atomic E-state index is 13.4. The fourth-order valence-electron chi connectivity index (χ4n) is 8.64. The van der Waals surface area contributed by atoms with Gasteiger partial charge in [0.1, 0.15) is 11.7 Å². The van der Waals surface area contributed by atoms with E-state index in [4.69, 9.17) is 16.3 Å². The van der Waals surface area contributed by atoms with E-state index in [9.17, 15) is 19.8 Å². The van der Waals surface area contributed by atoms with Crippen molar-refractivity contribution in [3.8, 4) is 0 Å². The first-order valence-electron chi connectivity index (χ1n) is 13.9. The van der Waals surface area contributed by atoms with Crippen molar-refractivity contribution < 1.29 is 24.5 Å². The number of anilines is 1. The van der Waals surface area contributed by atoms with Crippen LogP contribution >= 0.6 is 11.6 Å². The summed E-state index contributed by atoms with van der Waals surface area (Å²) < 4.78 is 6.14. The van der Waals surface area contributed by atoms with Gasteiger partial charge in [-0.25, -0.2) is 0 Å². The van der Waals surface area contributed by atoms with E-state index >= 15 is 0 Å². The van der Waals surface area contributed by atoms with Crippen molar-refractivity contribution in [1.29, 1.82) is 0 Å². The highest BCUT2D eigenvalue weighted by Gasteiger charge is 2.77. The second-order valence-corrected chi connectivity index (χ2v) is 12.1. The molecule has 8 nitrogen and oxygen atoms in total. The summed E-state index contributed by atoms with van der Waals surface area (Å²) in [6, 6.07) is 12.3. The van der Waals surface area contributed by atoms with Crippen LogP contribution in [0.3, 0.4) is 0 Å². The van der Waals surface area contributed by atoms with E-state index in [-0.39, 0.29) is 19.2 Å². The van der Waals surface area contributed by atoms with E-state index in [2.05, 4.69) is 40.3 Å². The Morgan fingerprint density at radius 2 is 1.98 bits per heavy atom. The second kappa shape index (κ2) is 9.58. The van der Waals surface area contributed by atoms with Gasteiger partial charge in [-0.05, 0) is 48.7 Å². The molecule has 1 amide bonds. The minimum atomic E-state index is -1.67. The van der Waals surface area contributed by atoms with Gasteiger partial charge in [0, 0.05) is 43.1 Å². The van der Waals surface area contributed by atoms with Gasteiger partial charge in [0.05, 0.1) is 29.8 Å². The van der Waals surface area contributed by atoms with E-state index in [1.165, 1.54) is 6.92 Å². The van der Waals surface area contributed by atoms with Gasteiger partial charge in [0.2, 0.25) is 0 Å². The van der Waals surface area contributed by atoms with Crippen molar-refractivity contribution >= 4 is 29.2 Å². The molecule has 40 heavy (non-hydrogen) atoms. The predicted octanol–water partition coefficient (Wildman–Crippen LogP) is 3.04. The largest absolute Gasteiger partial charge is 0.458 e. The zero-order valence-electron chi connectivity index (χ0n) is 23.1. The lowest BCUT2D eigenvalue weighted by atomic mass is 9.47. The molecule has 3 heterocycles. The van der Waals surface area contributed by atoms with Crippen LogP contribution in [0.2, 0.25) is 5.02 Å². The number of carbonyl (C=O) groups excluding carboxylic acids is 2. The van der Waals surface area contributed by atoms with E-state index < -0.39 is 40.5 Å². The number of aliphatic hydroxyl groups is 2. The molecule has 2 aromatic rings. The molecular weight excluding hydrogens is 530 g/mol. The number of nitrogens with one attached hydrogen (secondary N) is 1. The molecular formula is C31H36ClN3O5. The number of likely N-dealkylation sites (N-methyl/N-ethyl adjacent to an activating group) is 1. The molecule has 3 aliphatic heterocycles. The van der Waals surface area contributed by atoms with Crippen LogP contribution in [-0.2, 0) is 21.6 Å². The average Bonchev–Trinajstić information content (AvgIpc) is 3.46. The van der Waals surface area contributed by atoms with Gasteiger partial charge in [-0.2, -0.15) is 0 Å². The number of amides is 1. The van der Waals surface area contributed by atoms with Crippen LogP contribution < -0.4 is 10.2 Å². The lowest BCUT2D eigenvalue weighted by Gasteiger charge is -2.64. The lowest BCUT2D eigenvalue weighted by Crippen LogP contribution is -2.81. The van der Waals surface area contributed by atoms with Crippen LogP contribution in [0, 0.1) is 5.41 Å². The van der Waals surface area contributed by atoms with E-state index in [1.807, 2.05) is 19.2 Å². The number of hydrogen-bond acceptors (Lipinski definition) is 7. The van der Waals surface area contributed by atoms with Crippen LogP contribution in [0.25, 0.3) is 0 Å². The van der Waals surface area contributed by atoms with Crippen molar-refractivity contribution in [2.75, 3.05) is 31.6 Å². The fourth-order valence-corrected chi connectivity index (χ4v) is 8.86. The Morgan fingerprint density at radius 1 is 1.20 bits per heavy atom. The first kappa shape index (κ1) is 27.3. The summed E-state index contributed by atoms with van der Waals surface area (Å²) in [6.07, 6.45) is 4.77. The maximum Gasteiger partial charge on any atom is 0.303 e. The monoisotopic (exact) mass is 565 g/mol. The van der Waals surface area contributed by atoms with Crippen LogP contribution in [-0.4, -0.2) is 77.5 Å². The lowest BCUT2D eigenvalue weighted by molar-refractivity contribution is -0.216. The zero-order valence-corrected chi connectivity index (χ0v) is 23.8. The minimum absolute atomic E-state index is 0.0347. The van der Waals surface area contributed by atoms with Crippen LogP contribution in [0.15, 0.2) is 54.6 Å². The topological polar surface area (TPSA) is 102 Å². The van der Waals surface area contributed by atoms with Crippen molar-refractivity contribution in [2.24, 2.45) is 5.41 Å². The van der Waals surface area contributed by atoms with Gasteiger partial charge >= 0.3 is 5.97 Å². The Kier molecular flexibility index (Phi) is 6.53. The molecule has 0 aromatic heterocycles. The smallest absolute Gasteiger partial charge is 0.303 e. The summed E-state index contributed by atoms with van der Waals surface area (Å²) in [7, 11) is 1.95. The molecule has 6 atom stereocenters. The molecule has 2 fully saturated rings. The molecule has 9 heteroatoms. The van der Waals surface area contributed by atoms with Crippen molar-refractivity contribution in [3.63, 3.8) is 0 Å². The van der Waals surface area contributed by atoms with Crippen LogP contribution in [0.5, 0.6) is 0 Å². The molecule has 4 aliphatic rings. The highest BCUT2D eigenvalue weighted by atomic mass is 35.5. The number of rotatable bonds is 6. The molecule has 1 saturated carbocycles. The quantitative estimate of drug-likeness (QED) is 0.365. The maximum absolute atomic E-state index is 13.4.